The van der Waals surface area contributed by atoms with Crippen LogP contribution in [0.2, 0.25) is 0 Å². The summed E-state index contributed by atoms with van der Waals surface area (Å²) in [6.07, 6.45) is 0. The van der Waals surface area contributed by atoms with Crippen molar-refractivity contribution in [3.05, 3.63) is 0 Å². The molecule has 0 aromatic carbocycles. The van der Waals surface area contributed by atoms with Crippen LogP contribution < -0.4 is 10.6 Å². The highest BCUT2D eigenvalue weighted by Crippen LogP contribution is 1.95. The van der Waals surface area contributed by atoms with E-state index in [9.17, 15) is 14.4 Å². The Morgan fingerprint density at radius 2 is 1.86 bits per heavy atom. The van der Waals surface area contributed by atoms with Crippen LogP contribution in [0.1, 0.15) is 6.92 Å². The number of hydrogen-bond acceptors (Lipinski definition) is 3. The Balaban J connectivity index is 3.64. The molecular weight excluding hydrogens is 256 g/mol. The Morgan fingerprint density at radius 3 is 2.29 bits per heavy atom. The molecule has 0 saturated carbocycles. The van der Waals surface area contributed by atoms with E-state index in [1.165, 1.54) is 0 Å². The van der Waals surface area contributed by atoms with E-state index >= 15 is 0 Å². The largest absolute Gasteiger partial charge is 0.480 e. The molecule has 80 valence electrons. The van der Waals surface area contributed by atoms with Crippen LogP contribution >= 0.6 is 15.9 Å². The number of halogens is 1. The predicted molar refractivity (Wildman–Crippen MR) is 52.0 cm³/mol. The predicted octanol–water partition coefficient (Wildman–Crippen LogP) is -0.913. The van der Waals surface area contributed by atoms with Crippen molar-refractivity contribution in [1.82, 2.24) is 10.6 Å². The molecular formula is C7H11BrN2O4. The Bertz CT molecular complexity index is 242. The first kappa shape index (κ1) is 12.9. The molecule has 2 amide bonds. The van der Waals surface area contributed by atoms with Gasteiger partial charge >= 0.3 is 5.97 Å². The van der Waals surface area contributed by atoms with Gasteiger partial charge in [0.25, 0.3) is 0 Å². The van der Waals surface area contributed by atoms with Gasteiger partial charge in [-0.15, -0.1) is 0 Å². The van der Waals surface area contributed by atoms with E-state index in [4.69, 9.17) is 5.11 Å². The van der Waals surface area contributed by atoms with Crippen LogP contribution in [0, 0.1) is 0 Å². The molecule has 0 saturated heterocycles. The standard InChI is InChI=1S/C7H11BrN2O4/c1-4(8)7(14)10-2-5(11)9-3-6(12)13/h4H,2-3H2,1H3,(H,9,11)(H,10,14)(H,12,13)/t4-/m1/s1. The number of carbonyl (C=O) groups is 3. The van der Waals surface area contributed by atoms with Crippen LogP contribution in [0.3, 0.4) is 0 Å². The number of carboxylic acid groups (broad SMARTS) is 1. The molecule has 3 N–H and O–H groups in total. The molecule has 0 fully saturated rings. The van der Waals surface area contributed by atoms with Gasteiger partial charge in [-0.05, 0) is 6.92 Å². The second-order valence-electron chi connectivity index (χ2n) is 2.50. The molecule has 14 heavy (non-hydrogen) atoms. The Labute approximate surface area is 89.2 Å². The SMILES string of the molecule is C[C@@H](Br)C(=O)NCC(=O)NCC(=O)O. The molecule has 0 bridgehead atoms. The quantitative estimate of drug-likeness (QED) is 0.562. The maximum Gasteiger partial charge on any atom is 0.322 e. The minimum atomic E-state index is -1.13. The van der Waals surface area contributed by atoms with Gasteiger partial charge in [0.05, 0.1) is 11.4 Å². The summed E-state index contributed by atoms with van der Waals surface area (Å²) in [5, 5.41) is 12.6. The average Bonchev–Trinajstić information content (AvgIpc) is 2.10. The number of alkyl halides is 1. The van der Waals surface area contributed by atoms with Crippen molar-refractivity contribution in [3.63, 3.8) is 0 Å². The maximum absolute atomic E-state index is 10.9. The first-order chi connectivity index (χ1) is 6.43. The van der Waals surface area contributed by atoms with Crippen LogP contribution in [-0.4, -0.2) is 40.8 Å². The fourth-order valence-electron chi connectivity index (χ4n) is 0.545. The lowest BCUT2D eigenvalue weighted by atomic mass is 10.4. The fourth-order valence-corrected chi connectivity index (χ4v) is 0.707. The first-order valence-electron chi connectivity index (χ1n) is 3.83. The number of carbonyl (C=O) groups excluding carboxylic acids is 2. The zero-order valence-electron chi connectivity index (χ0n) is 7.54. The lowest BCUT2D eigenvalue weighted by molar-refractivity contribution is -0.137. The molecule has 1 atom stereocenters. The second-order valence-corrected chi connectivity index (χ2v) is 3.88. The zero-order chi connectivity index (χ0) is 11.1. The van der Waals surface area contributed by atoms with Gasteiger partial charge in [-0.2, -0.15) is 0 Å². The third kappa shape index (κ3) is 6.41. The Morgan fingerprint density at radius 1 is 1.29 bits per heavy atom. The van der Waals surface area contributed by atoms with Crippen LogP contribution in [0.15, 0.2) is 0 Å². The summed E-state index contributed by atoms with van der Waals surface area (Å²) in [6.45, 7) is 0.950. The van der Waals surface area contributed by atoms with Crippen LogP contribution in [0.25, 0.3) is 0 Å². The van der Waals surface area contributed by atoms with E-state index in [2.05, 4.69) is 26.6 Å². The highest BCUT2D eigenvalue weighted by Gasteiger charge is 2.10. The number of amides is 2. The van der Waals surface area contributed by atoms with E-state index in [0.717, 1.165) is 0 Å². The number of nitrogens with one attached hydrogen (secondary N) is 2. The molecule has 0 aromatic heterocycles. The second kappa shape index (κ2) is 6.36. The average molecular weight is 267 g/mol. The van der Waals surface area contributed by atoms with E-state index in [1.807, 2.05) is 0 Å². The van der Waals surface area contributed by atoms with Crippen molar-refractivity contribution in [2.24, 2.45) is 0 Å². The lowest BCUT2D eigenvalue weighted by Gasteiger charge is -2.06. The smallest absolute Gasteiger partial charge is 0.322 e. The molecule has 0 rings (SSSR count). The minimum Gasteiger partial charge on any atom is -0.480 e. The van der Waals surface area contributed by atoms with Crippen molar-refractivity contribution in [1.29, 1.82) is 0 Å². The minimum absolute atomic E-state index is 0.220. The molecule has 0 spiro atoms. The van der Waals surface area contributed by atoms with E-state index in [1.54, 1.807) is 6.92 Å². The molecule has 0 aliphatic rings. The summed E-state index contributed by atoms with van der Waals surface area (Å²) < 4.78 is 0. The topological polar surface area (TPSA) is 95.5 Å². The van der Waals surface area contributed by atoms with Crippen molar-refractivity contribution < 1.29 is 19.5 Å². The van der Waals surface area contributed by atoms with Crippen LogP contribution in [0.5, 0.6) is 0 Å². The zero-order valence-corrected chi connectivity index (χ0v) is 9.13. The van der Waals surface area contributed by atoms with Gasteiger partial charge in [0.2, 0.25) is 11.8 Å². The summed E-state index contributed by atoms with van der Waals surface area (Å²) in [4.78, 5) is 31.5. The number of aliphatic carboxylic acids is 1. The van der Waals surface area contributed by atoms with Crippen LogP contribution in [-0.2, 0) is 14.4 Å². The van der Waals surface area contributed by atoms with Crippen LogP contribution in [0.4, 0.5) is 0 Å². The highest BCUT2D eigenvalue weighted by atomic mass is 79.9. The molecule has 7 heteroatoms. The van der Waals surface area contributed by atoms with Gasteiger partial charge in [-0.1, -0.05) is 15.9 Å². The summed E-state index contributed by atoms with van der Waals surface area (Å²) >= 11 is 3.01. The van der Waals surface area contributed by atoms with Gasteiger partial charge in [0, 0.05) is 0 Å². The monoisotopic (exact) mass is 266 g/mol. The molecule has 6 nitrogen and oxygen atoms in total. The normalized spacial score (nSPS) is 11.6. The van der Waals surface area contributed by atoms with Gasteiger partial charge in [-0.3, -0.25) is 14.4 Å². The van der Waals surface area contributed by atoms with Gasteiger partial charge in [-0.25, -0.2) is 0 Å². The van der Waals surface area contributed by atoms with Crippen molar-refractivity contribution >= 4 is 33.7 Å². The van der Waals surface area contributed by atoms with Gasteiger partial charge in [0.15, 0.2) is 0 Å². The van der Waals surface area contributed by atoms with E-state index in [-0.39, 0.29) is 17.3 Å². The number of hydrogen-bond donors (Lipinski definition) is 3. The fraction of sp³-hybridized carbons (Fsp3) is 0.571. The first-order valence-corrected chi connectivity index (χ1v) is 4.75. The Kier molecular flexibility index (Phi) is 5.86. The molecule has 0 aromatic rings. The lowest BCUT2D eigenvalue weighted by Crippen LogP contribution is -2.40. The summed E-state index contributed by atoms with van der Waals surface area (Å²) in [5.41, 5.74) is 0. The van der Waals surface area contributed by atoms with Gasteiger partial charge < -0.3 is 15.7 Å². The summed E-state index contributed by atoms with van der Waals surface area (Å²) in [7, 11) is 0. The van der Waals surface area contributed by atoms with Gasteiger partial charge in [0.1, 0.15) is 6.54 Å². The molecule has 0 aliphatic heterocycles. The highest BCUT2D eigenvalue weighted by molar-refractivity contribution is 9.10. The number of rotatable bonds is 5. The van der Waals surface area contributed by atoms with Crippen molar-refractivity contribution in [2.45, 2.75) is 11.8 Å². The van der Waals surface area contributed by atoms with Crippen molar-refractivity contribution in [2.75, 3.05) is 13.1 Å². The summed E-state index contributed by atoms with van der Waals surface area (Å²) in [6, 6.07) is 0. The summed E-state index contributed by atoms with van der Waals surface area (Å²) in [5.74, 6) is -1.98. The maximum atomic E-state index is 10.9. The van der Waals surface area contributed by atoms with E-state index < -0.39 is 18.4 Å². The molecule has 0 heterocycles. The third-order valence-corrected chi connectivity index (χ3v) is 1.64. The van der Waals surface area contributed by atoms with E-state index in [0.29, 0.717) is 0 Å². The Hall–Kier alpha value is -1.11. The third-order valence-electron chi connectivity index (χ3n) is 1.22. The number of carboxylic acids is 1. The molecule has 0 aliphatic carbocycles. The van der Waals surface area contributed by atoms with Crippen molar-refractivity contribution in [3.8, 4) is 0 Å². The molecule has 0 unspecified atom stereocenters. The molecule has 0 radical (unpaired) electrons.